The van der Waals surface area contributed by atoms with Gasteiger partial charge in [-0.25, -0.2) is 9.97 Å². The third-order valence-corrected chi connectivity index (χ3v) is 13.8. The number of nitrogens with one attached hydrogen (secondary N) is 4. The lowest BCUT2D eigenvalue weighted by Gasteiger charge is -2.49. The first-order chi connectivity index (χ1) is 30.7. The van der Waals surface area contributed by atoms with Gasteiger partial charge >= 0.3 is 0 Å². The molecular weight excluding hydrogens is 822 g/mol. The van der Waals surface area contributed by atoms with E-state index in [4.69, 9.17) is 16.3 Å². The van der Waals surface area contributed by atoms with Crippen molar-refractivity contribution in [3.05, 3.63) is 107 Å². The first-order valence-electron chi connectivity index (χ1n) is 21.9. The molecule has 0 radical (unpaired) electrons. The zero-order valence-corrected chi connectivity index (χ0v) is 35.4. The van der Waals surface area contributed by atoms with Crippen LogP contribution in [0.1, 0.15) is 88.0 Å². The minimum atomic E-state index is -0.968. The van der Waals surface area contributed by atoms with Crippen LogP contribution in [-0.4, -0.2) is 111 Å². The van der Waals surface area contributed by atoms with Gasteiger partial charge in [0.05, 0.1) is 27.1 Å². The molecule has 0 bridgehead atoms. The monoisotopic (exact) mass is 869 g/mol. The highest BCUT2D eigenvalue weighted by Crippen LogP contribution is 2.35. The lowest BCUT2D eigenvalue weighted by molar-refractivity contribution is -0.136. The highest BCUT2D eigenvalue weighted by molar-refractivity contribution is 6.36. The first-order valence-corrected chi connectivity index (χ1v) is 22.3. The average Bonchev–Trinajstić information content (AvgIpc) is 3.82. The number of aromatic amines is 1. The zero-order chi connectivity index (χ0) is 43.2. The molecule has 4 aliphatic heterocycles. The number of likely N-dealkylation sites (tertiary alicyclic amines) is 1. The van der Waals surface area contributed by atoms with Gasteiger partial charge < -0.3 is 25.3 Å². The van der Waals surface area contributed by atoms with Crippen molar-refractivity contribution in [1.29, 1.82) is 0 Å². The number of halogens is 1. The largest absolute Gasteiger partial charge is 0.457 e. The quantitative estimate of drug-likeness (QED) is 0.0856. The summed E-state index contributed by atoms with van der Waals surface area (Å²) < 4.78 is 5.91. The highest BCUT2D eigenvalue weighted by Gasteiger charge is 2.45. The fourth-order valence-electron chi connectivity index (χ4n) is 9.81. The Morgan fingerprint density at radius 1 is 0.810 bits per heavy atom. The molecule has 63 heavy (non-hydrogen) atoms. The van der Waals surface area contributed by atoms with Gasteiger partial charge in [-0.1, -0.05) is 29.8 Å². The summed E-state index contributed by atoms with van der Waals surface area (Å²) in [5.41, 5.74) is 2.93. The van der Waals surface area contributed by atoms with Crippen LogP contribution in [0.4, 0.5) is 11.5 Å². The van der Waals surface area contributed by atoms with E-state index in [9.17, 15) is 24.0 Å². The number of nitrogens with zero attached hydrogens (tertiary/aromatic N) is 5. The van der Waals surface area contributed by atoms with E-state index in [-0.39, 0.29) is 30.6 Å². The predicted octanol–water partition coefficient (Wildman–Crippen LogP) is 5.95. The molecule has 2 aromatic heterocycles. The molecule has 1 unspecified atom stereocenters. The van der Waals surface area contributed by atoms with Crippen molar-refractivity contribution in [3.8, 4) is 11.5 Å². The molecule has 4 amide bonds. The van der Waals surface area contributed by atoms with Crippen molar-refractivity contribution >= 4 is 63.6 Å². The number of ketones is 1. The van der Waals surface area contributed by atoms with Gasteiger partial charge in [0.25, 0.3) is 11.8 Å². The van der Waals surface area contributed by atoms with E-state index in [2.05, 4.69) is 40.7 Å². The molecule has 4 N–H and O–H groups in total. The van der Waals surface area contributed by atoms with Crippen molar-refractivity contribution in [2.45, 2.75) is 75.5 Å². The summed E-state index contributed by atoms with van der Waals surface area (Å²) in [4.78, 5) is 82.4. The van der Waals surface area contributed by atoms with Gasteiger partial charge in [-0.3, -0.25) is 39.1 Å². The van der Waals surface area contributed by atoms with E-state index in [1.54, 1.807) is 36.5 Å². The van der Waals surface area contributed by atoms with Crippen LogP contribution in [0.15, 0.2) is 79.3 Å². The summed E-state index contributed by atoms with van der Waals surface area (Å²) in [5.74, 6) is 0.311. The van der Waals surface area contributed by atoms with Crippen molar-refractivity contribution in [1.82, 2.24) is 35.4 Å². The minimum Gasteiger partial charge on any atom is -0.457 e. The molecule has 1 saturated carbocycles. The number of carbonyl (C=O) groups is 5. The number of hydrogen-bond donors (Lipinski definition) is 4. The summed E-state index contributed by atoms with van der Waals surface area (Å²) in [6.45, 7) is 4.82. The Hall–Kier alpha value is -6.16. The van der Waals surface area contributed by atoms with Crippen LogP contribution in [0.2, 0.25) is 5.02 Å². The number of imide groups is 2. The predicted molar refractivity (Wildman–Crippen MR) is 236 cm³/mol. The molecule has 5 aromatic rings. The maximum atomic E-state index is 13.9. The molecule has 3 saturated heterocycles. The zero-order valence-electron chi connectivity index (χ0n) is 34.6. The normalized spacial score (nSPS) is 22.3. The van der Waals surface area contributed by atoms with Crippen LogP contribution in [0.25, 0.3) is 11.0 Å². The molecule has 324 valence electrons. The summed E-state index contributed by atoms with van der Waals surface area (Å²) in [6, 6.07) is 20.0. The van der Waals surface area contributed by atoms with Crippen LogP contribution in [0.3, 0.4) is 0 Å². The standard InChI is InChI=1S/C47H48ClN9O6/c48-38-21-33(63-32-4-2-1-3-5-32)11-13-35(38)42(59)37-23-50-43-41(37)44(52-26-51-43)53-29-8-6-28(7-9-29)49-22-27-16-18-55(19-17-27)31-24-56(25-31)30-10-12-34-36(20-30)47(62)57(46(34)61)39-14-15-40(58)54-45(39)60/h1-5,10-13,20-21,23,26-29,31,39,49H,6-9,14-19,22,24-25H2,(H,54,58,60)(H2,50,51,52,53). The fourth-order valence-corrected chi connectivity index (χ4v) is 10.1. The fraction of sp³-hybridized carbons (Fsp3) is 0.383. The van der Waals surface area contributed by atoms with Gasteiger partial charge in [-0.2, -0.15) is 0 Å². The lowest BCUT2D eigenvalue weighted by atomic mass is 9.89. The van der Waals surface area contributed by atoms with Gasteiger partial charge in [0.2, 0.25) is 11.8 Å². The smallest absolute Gasteiger partial charge is 0.262 e. The Morgan fingerprint density at radius 2 is 1.57 bits per heavy atom. The van der Waals surface area contributed by atoms with Gasteiger partial charge in [0, 0.05) is 61.1 Å². The number of benzene rings is 3. The Balaban J connectivity index is 0.670. The molecule has 15 nitrogen and oxygen atoms in total. The Morgan fingerprint density at radius 3 is 2.33 bits per heavy atom. The van der Waals surface area contributed by atoms with E-state index in [1.807, 2.05) is 36.4 Å². The van der Waals surface area contributed by atoms with Crippen molar-refractivity contribution in [2.75, 3.05) is 42.9 Å². The average molecular weight is 870 g/mol. The SMILES string of the molecule is O=C1CCC(N2C(=O)c3ccc(N4CC(N5CCC(CNC6CCC(Nc7ncnc8[nH]cc(C(=O)c9ccc(Oc%10ccccc%10)cc9Cl)c78)CC6)CC5)C4)cc3C2=O)C(=O)N1. The molecule has 1 aliphatic carbocycles. The third-order valence-electron chi connectivity index (χ3n) is 13.5. The van der Waals surface area contributed by atoms with Crippen LogP contribution in [0.5, 0.6) is 11.5 Å². The van der Waals surface area contributed by atoms with E-state index >= 15 is 0 Å². The van der Waals surface area contributed by atoms with Crippen LogP contribution in [0, 0.1) is 5.92 Å². The molecule has 16 heteroatoms. The summed E-state index contributed by atoms with van der Waals surface area (Å²) in [5, 5.41) is 10.7. The number of hydrogen-bond acceptors (Lipinski definition) is 12. The van der Waals surface area contributed by atoms with Gasteiger partial charge in [-0.05, 0) is 113 Å². The van der Waals surface area contributed by atoms with E-state index in [1.165, 1.54) is 6.33 Å². The molecule has 0 spiro atoms. The third kappa shape index (κ3) is 8.16. The second-order valence-corrected chi connectivity index (χ2v) is 17.8. The minimum absolute atomic E-state index is 0.0951. The summed E-state index contributed by atoms with van der Waals surface area (Å²) in [7, 11) is 0. The molecule has 6 heterocycles. The first kappa shape index (κ1) is 40.9. The molecule has 3 aromatic carbocycles. The Kier molecular flexibility index (Phi) is 11.2. The number of aromatic nitrogens is 3. The molecular formula is C47H48ClN9O6. The van der Waals surface area contributed by atoms with E-state index < -0.39 is 23.8 Å². The van der Waals surface area contributed by atoms with Gasteiger partial charge in [0.1, 0.15) is 35.3 Å². The van der Waals surface area contributed by atoms with Crippen LogP contribution >= 0.6 is 11.6 Å². The maximum Gasteiger partial charge on any atom is 0.262 e. The topological polar surface area (TPSA) is 182 Å². The summed E-state index contributed by atoms with van der Waals surface area (Å²) in [6.07, 6.45) is 9.77. The van der Waals surface area contributed by atoms with E-state index in [0.717, 1.165) is 81.8 Å². The number of piperidine rings is 2. The summed E-state index contributed by atoms with van der Waals surface area (Å²) >= 11 is 6.64. The number of amides is 4. The molecule has 4 fully saturated rings. The van der Waals surface area contributed by atoms with Gasteiger partial charge in [-0.15, -0.1) is 0 Å². The van der Waals surface area contributed by atoms with Crippen molar-refractivity contribution < 1.29 is 28.7 Å². The number of para-hydroxylation sites is 1. The second-order valence-electron chi connectivity index (χ2n) is 17.4. The number of rotatable bonds is 12. The lowest BCUT2D eigenvalue weighted by Crippen LogP contribution is -2.61. The second kappa shape index (κ2) is 17.2. The molecule has 5 aliphatic rings. The Labute approximate surface area is 368 Å². The number of H-pyrrole nitrogens is 1. The molecule has 10 rings (SSSR count). The van der Waals surface area contributed by atoms with Crippen molar-refractivity contribution in [3.63, 3.8) is 0 Å². The van der Waals surface area contributed by atoms with E-state index in [0.29, 0.717) is 73.6 Å². The van der Waals surface area contributed by atoms with Crippen LogP contribution < -0.4 is 25.6 Å². The molecule has 1 atom stereocenters. The number of carbonyl (C=O) groups excluding carboxylic acids is 5. The van der Waals surface area contributed by atoms with Crippen molar-refractivity contribution in [2.24, 2.45) is 5.92 Å². The number of anilines is 2. The number of ether oxygens (including phenoxy) is 1. The Bertz CT molecular complexity index is 2600. The number of fused-ring (bicyclic) bond motifs is 2. The van der Waals surface area contributed by atoms with Gasteiger partial charge in [0.15, 0.2) is 5.78 Å². The maximum absolute atomic E-state index is 13.9. The highest BCUT2D eigenvalue weighted by atomic mass is 35.5. The van der Waals surface area contributed by atoms with Crippen LogP contribution in [-0.2, 0) is 9.59 Å².